The fraction of sp³-hybridized carbons (Fsp3) is 0.533. The van der Waals surface area contributed by atoms with Crippen LogP contribution in [0.2, 0.25) is 0 Å². The molecule has 0 bridgehead atoms. The molecule has 2 aliphatic rings. The third-order valence-electron chi connectivity index (χ3n) is 4.12. The number of benzene rings is 1. The summed E-state index contributed by atoms with van der Waals surface area (Å²) in [4.78, 5) is 12.0. The van der Waals surface area contributed by atoms with E-state index in [9.17, 15) is 4.79 Å². The van der Waals surface area contributed by atoms with Gasteiger partial charge in [-0.2, -0.15) is 0 Å². The molecule has 1 amide bonds. The van der Waals surface area contributed by atoms with E-state index in [-0.39, 0.29) is 0 Å². The molecule has 1 aromatic rings. The number of nitrogens with one attached hydrogen (secondary N) is 1. The van der Waals surface area contributed by atoms with Crippen molar-refractivity contribution in [2.75, 3.05) is 0 Å². The molecule has 3 rings (SSSR count). The summed E-state index contributed by atoms with van der Waals surface area (Å²) in [5, 5.41) is 3.23. The van der Waals surface area contributed by atoms with Gasteiger partial charge in [-0.25, -0.2) is 0 Å². The number of carbonyl (C=O) groups is 1. The second-order valence-corrected chi connectivity index (χ2v) is 5.36. The Balaban J connectivity index is 1.60. The lowest BCUT2D eigenvalue weighted by Crippen LogP contribution is -2.38. The Hall–Kier alpha value is -1.31. The monoisotopic (exact) mass is 229 g/mol. The molecule has 17 heavy (non-hydrogen) atoms. The molecule has 0 saturated heterocycles. The standard InChI is InChI=1S/C15H19NO/c17-15(11-5-1-2-6-11)16-14-9-12-7-3-4-8-13(12)10-14/h3-4,7-8,11,14H,1-2,5-6,9-10H2,(H,16,17). The van der Waals surface area contributed by atoms with Crippen LogP contribution in [0.15, 0.2) is 24.3 Å². The first-order valence-corrected chi connectivity index (χ1v) is 6.70. The zero-order valence-corrected chi connectivity index (χ0v) is 10.1. The highest BCUT2D eigenvalue weighted by Gasteiger charge is 2.27. The number of hydrogen-bond acceptors (Lipinski definition) is 1. The van der Waals surface area contributed by atoms with Crippen molar-refractivity contribution in [3.63, 3.8) is 0 Å². The molecule has 0 aliphatic heterocycles. The SMILES string of the molecule is O=C(NC1Cc2ccccc2C1)C1CCCC1. The van der Waals surface area contributed by atoms with Gasteiger partial charge < -0.3 is 5.32 Å². The van der Waals surface area contributed by atoms with Crippen LogP contribution in [0.3, 0.4) is 0 Å². The highest BCUT2D eigenvalue weighted by Crippen LogP contribution is 2.26. The molecule has 1 saturated carbocycles. The largest absolute Gasteiger partial charge is 0.352 e. The van der Waals surface area contributed by atoms with Gasteiger partial charge in [0.05, 0.1) is 0 Å². The van der Waals surface area contributed by atoms with E-state index in [0.717, 1.165) is 25.7 Å². The molecule has 1 aromatic carbocycles. The van der Waals surface area contributed by atoms with Crippen molar-refractivity contribution in [2.24, 2.45) is 5.92 Å². The van der Waals surface area contributed by atoms with Crippen molar-refractivity contribution >= 4 is 5.91 Å². The topological polar surface area (TPSA) is 29.1 Å². The third-order valence-corrected chi connectivity index (χ3v) is 4.12. The summed E-state index contributed by atoms with van der Waals surface area (Å²) in [5.74, 6) is 0.582. The van der Waals surface area contributed by atoms with Gasteiger partial charge in [0, 0.05) is 12.0 Å². The second-order valence-electron chi connectivity index (χ2n) is 5.36. The molecule has 1 fully saturated rings. The Morgan fingerprint density at radius 2 is 1.65 bits per heavy atom. The molecule has 0 unspecified atom stereocenters. The maximum atomic E-state index is 12.0. The molecular weight excluding hydrogens is 210 g/mol. The van der Waals surface area contributed by atoms with Crippen LogP contribution in [0.4, 0.5) is 0 Å². The minimum atomic E-state index is 0.290. The first-order chi connectivity index (χ1) is 8.33. The molecule has 0 aromatic heterocycles. The summed E-state index contributed by atoms with van der Waals surface area (Å²) < 4.78 is 0. The maximum absolute atomic E-state index is 12.0. The average molecular weight is 229 g/mol. The molecule has 0 atom stereocenters. The number of amides is 1. The van der Waals surface area contributed by atoms with Gasteiger partial charge >= 0.3 is 0 Å². The zero-order chi connectivity index (χ0) is 11.7. The highest BCUT2D eigenvalue weighted by molar-refractivity contribution is 5.79. The van der Waals surface area contributed by atoms with Gasteiger partial charge in [-0.05, 0) is 36.8 Å². The van der Waals surface area contributed by atoms with E-state index >= 15 is 0 Å². The minimum absolute atomic E-state index is 0.290. The Labute approximate surface area is 102 Å². The van der Waals surface area contributed by atoms with E-state index in [2.05, 4.69) is 29.6 Å². The summed E-state index contributed by atoms with van der Waals surface area (Å²) in [6.07, 6.45) is 6.65. The molecule has 2 heteroatoms. The lowest BCUT2D eigenvalue weighted by atomic mass is 10.1. The van der Waals surface area contributed by atoms with Crippen molar-refractivity contribution in [3.8, 4) is 0 Å². The van der Waals surface area contributed by atoms with E-state index in [4.69, 9.17) is 0 Å². The average Bonchev–Trinajstić information content (AvgIpc) is 2.97. The van der Waals surface area contributed by atoms with Gasteiger partial charge in [0.15, 0.2) is 0 Å². The van der Waals surface area contributed by atoms with Crippen LogP contribution in [-0.4, -0.2) is 11.9 Å². The number of hydrogen-bond donors (Lipinski definition) is 1. The summed E-state index contributed by atoms with van der Waals surface area (Å²) in [7, 11) is 0. The quantitative estimate of drug-likeness (QED) is 0.829. The number of fused-ring (bicyclic) bond motifs is 1. The van der Waals surface area contributed by atoms with E-state index < -0.39 is 0 Å². The van der Waals surface area contributed by atoms with Crippen LogP contribution in [0.5, 0.6) is 0 Å². The lowest BCUT2D eigenvalue weighted by Gasteiger charge is -2.15. The molecule has 90 valence electrons. The zero-order valence-electron chi connectivity index (χ0n) is 10.1. The van der Waals surface area contributed by atoms with Gasteiger partial charge in [0.2, 0.25) is 5.91 Å². The smallest absolute Gasteiger partial charge is 0.223 e. The van der Waals surface area contributed by atoms with Crippen LogP contribution in [0, 0.1) is 5.92 Å². The van der Waals surface area contributed by atoms with Crippen LogP contribution in [0.1, 0.15) is 36.8 Å². The molecule has 0 spiro atoms. The molecule has 2 nitrogen and oxygen atoms in total. The second kappa shape index (κ2) is 4.52. The van der Waals surface area contributed by atoms with Gasteiger partial charge in [-0.3, -0.25) is 4.79 Å². The van der Waals surface area contributed by atoms with Crippen molar-refractivity contribution in [3.05, 3.63) is 35.4 Å². The van der Waals surface area contributed by atoms with E-state index in [1.54, 1.807) is 0 Å². The first kappa shape index (κ1) is 10.8. The van der Waals surface area contributed by atoms with Crippen LogP contribution >= 0.6 is 0 Å². The molecule has 0 heterocycles. The van der Waals surface area contributed by atoms with Crippen LogP contribution in [-0.2, 0) is 17.6 Å². The van der Waals surface area contributed by atoms with Gasteiger partial charge in [-0.15, -0.1) is 0 Å². The summed E-state index contributed by atoms with van der Waals surface area (Å²) in [5.41, 5.74) is 2.81. The van der Waals surface area contributed by atoms with Gasteiger partial charge in [0.1, 0.15) is 0 Å². The first-order valence-electron chi connectivity index (χ1n) is 6.70. The van der Waals surface area contributed by atoms with Gasteiger partial charge in [-0.1, -0.05) is 37.1 Å². The molecule has 1 N–H and O–H groups in total. The summed E-state index contributed by atoms with van der Waals surface area (Å²) in [6, 6.07) is 8.86. The predicted molar refractivity (Wildman–Crippen MR) is 67.7 cm³/mol. The lowest BCUT2D eigenvalue weighted by molar-refractivity contribution is -0.125. The van der Waals surface area contributed by atoms with Crippen LogP contribution < -0.4 is 5.32 Å². The minimum Gasteiger partial charge on any atom is -0.352 e. The summed E-state index contributed by atoms with van der Waals surface area (Å²) in [6.45, 7) is 0. The molecule has 0 radical (unpaired) electrons. The van der Waals surface area contributed by atoms with Crippen molar-refractivity contribution < 1.29 is 4.79 Å². The normalized spacial score (nSPS) is 20.5. The Bertz CT molecular complexity index is 396. The van der Waals surface area contributed by atoms with Gasteiger partial charge in [0.25, 0.3) is 0 Å². The van der Waals surface area contributed by atoms with E-state index in [0.29, 0.717) is 17.9 Å². The highest BCUT2D eigenvalue weighted by atomic mass is 16.1. The Morgan fingerprint density at radius 1 is 1.06 bits per heavy atom. The summed E-state index contributed by atoms with van der Waals surface area (Å²) >= 11 is 0. The fourth-order valence-corrected chi connectivity index (χ4v) is 3.17. The molecule has 2 aliphatic carbocycles. The third kappa shape index (κ3) is 2.21. The maximum Gasteiger partial charge on any atom is 0.223 e. The van der Waals surface area contributed by atoms with Crippen molar-refractivity contribution in [1.82, 2.24) is 5.32 Å². The fourth-order valence-electron chi connectivity index (χ4n) is 3.17. The van der Waals surface area contributed by atoms with Crippen LogP contribution in [0.25, 0.3) is 0 Å². The van der Waals surface area contributed by atoms with E-state index in [1.807, 2.05) is 0 Å². The Kier molecular flexibility index (Phi) is 2.87. The van der Waals surface area contributed by atoms with Crippen molar-refractivity contribution in [1.29, 1.82) is 0 Å². The molecular formula is C15H19NO. The number of carbonyl (C=O) groups excluding carboxylic acids is 1. The Morgan fingerprint density at radius 3 is 2.24 bits per heavy atom. The van der Waals surface area contributed by atoms with Crippen molar-refractivity contribution in [2.45, 2.75) is 44.6 Å². The predicted octanol–water partition coefficient (Wildman–Crippen LogP) is 2.46. The number of rotatable bonds is 2. The van der Waals surface area contributed by atoms with E-state index in [1.165, 1.54) is 24.0 Å².